The Hall–Kier alpha value is -2.27. The molecule has 3 aromatic heterocycles. The Morgan fingerprint density at radius 2 is 1.95 bits per heavy atom. The Labute approximate surface area is 111 Å². The first kappa shape index (κ1) is 11.8. The number of rotatable bonds is 4. The van der Waals surface area contributed by atoms with Crippen LogP contribution in [0.1, 0.15) is 11.4 Å². The van der Waals surface area contributed by atoms with Gasteiger partial charge < -0.3 is 10.3 Å². The van der Waals surface area contributed by atoms with E-state index in [1.807, 2.05) is 24.3 Å². The molecule has 0 aliphatic rings. The third-order valence-electron chi connectivity index (χ3n) is 3.04. The lowest BCUT2D eigenvalue weighted by Gasteiger charge is -2.07. The SMILES string of the molecule is NCCc1nc2cccnc2n1Cc1ccncc1. The van der Waals surface area contributed by atoms with E-state index in [0.717, 1.165) is 30.0 Å². The highest BCUT2D eigenvalue weighted by atomic mass is 15.1. The van der Waals surface area contributed by atoms with Crippen LogP contribution in [0.5, 0.6) is 0 Å². The van der Waals surface area contributed by atoms with Crippen LogP contribution in [0.25, 0.3) is 11.2 Å². The molecule has 0 radical (unpaired) electrons. The van der Waals surface area contributed by atoms with Crippen LogP contribution < -0.4 is 5.73 Å². The topological polar surface area (TPSA) is 69.6 Å². The van der Waals surface area contributed by atoms with Crippen molar-refractivity contribution in [3.8, 4) is 0 Å². The first-order chi connectivity index (χ1) is 9.38. The number of hydrogen-bond donors (Lipinski definition) is 1. The van der Waals surface area contributed by atoms with Gasteiger partial charge in [0.25, 0.3) is 0 Å². The number of nitrogens with zero attached hydrogens (tertiary/aromatic N) is 4. The van der Waals surface area contributed by atoms with E-state index in [9.17, 15) is 0 Å². The van der Waals surface area contributed by atoms with E-state index >= 15 is 0 Å². The van der Waals surface area contributed by atoms with Gasteiger partial charge in [0, 0.05) is 25.0 Å². The molecule has 19 heavy (non-hydrogen) atoms. The molecular weight excluding hydrogens is 238 g/mol. The summed E-state index contributed by atoms with van der Waals surface area (Å²) in [5.74, 6) is 0.980. The van der Waals surface area contributed by atoms with Gasteiger partial charge in [0.05, 0.1) is 6.54 Å². The van der Waals surface area contributed by atoms with Crippen molar-refractivity contribution in [3.05, 3.63) is 54.2 Å². The average Bonchev–Trinajstić information content (AvgIpc) is 2.79. The molecule has 0 atom stereocenters. The van der Waals surface area contributed by atoms with Crippen molar-refractivity contribution < 1.29 is 0 Å². The van der Waals surface area contributed by atoms with E-state index in [0.29, 0.717) is 6.54 Å². The summed E-state index contributed by atoms with van der Waals surface area (Å²) in [5.41, 5.74) is 8.66. The van der Waals surface area contributed by atoms with Crippen LogP contribution in [0.4, 0.5) is 0 Å². The van der Waals surface area contributed by atoms with Gasteiger partial charge in [0.15, 0.2) is 5.65 Å². The zero-order chi connectivity index (χ0) is 13.1. The van der Waals surface area contributed by atoms with E-state index in [1.54, 1.807) is 18.6 Å². The molecule has 2 N–H and O–H groups in total. The first-order valence-corrected chi connectivity index (χ1v) is 6.27. The second-order valence-electron chi connectivity index (χ2n) is 4.35. The summed E-state index contributed by atoms with van der Waals surface area (Å²) in [7, 11) is 0. The Kier molecular flexibility index (Phi) is 3.20. The molecular formula is C14H15N5. The van der Waals surface area contributed by atoms with Gasteiger partial charge in [0.1, 0.15) is 11.3 Å². The molecule has 0 saturated carbocycles. The monoisotopic (exact) mass is 253 g/mol. The molecule has 3 heterocycles. The number of nitrogens with two attached hydrogens (primary N) is 1. The van der Waals surface area contributed by atoms with Crippen LogP contribution in [0.15, 0.2) is 42.9 Å². The molecule has 96 valence electrons. The molecule has 5 nitrogen and oxygen atoms in total. The van der Waals surface area contributed by atoms with Crippen molar-refractivity contribution in [2.45, 2.75) is 13.0 Å². The summed E-state index contributed by atoms with van der Waals surface area (Å²) in [6, 6.07) is 7.88. The number of aromatic nitrogens is 4. The van der Waals surface area contributed by atoms with Crippen LogP contribution in [0.2, 0.25) is 0 Å². The van der Waals surface area contributed by atoms with Gasteiger partial charge in [-0.1, -0.05) is 0 Å². The Balaban J connectivity index is 2.07. The van der Waals surface area contributed by atoms with Crippen molar-refractivity contribution in [3.63, 3.8) is 0 Å². The summed E-state index contributed by atoms with van der Waals surface area (Å²) in [4.78, 5) is 13.1. The van der Waals surface area contributed by atoms with Crippen molar-refractivity contribution in [2.75, 3.05) is 6.54 Å². The van der Waals surface area contributed by atoms with Gasteiger partial charge in [-0.25, -0.2) is 9.97 Å². The van der Waals surface area contributed by atoms with Crippen LogP contribution in [0, 0.1) is 0 Å². The predicted molar refractivity (Wildman–Crippen MR) is 73.6 cm³/mol. The van der Waals surface area contributed by atoms with Crippen LogP contribution in [-0.2, 0) is 13.0 Å². The zero-order valence-electron chi connectivity index (χ0n) is 10.5. The molecule has 5 heteroatoms. The second kappa shape index (κ2) is 5.16. The highest BCUT2D eigenvalue weighted by molar-refractivity contribution is 5.71. The molecule has 0 bridgehead atoms. The van der Waals surface area contributed by atoms with Gasteiger partial charge in [-0.2, -0.15) is 0 Å². The lowest BCUT2D eigenvalue weighted by molar-refractivity contribution is 0.728. The predicted octanol–water partition coefficient (Wildman–Crippen LogP) is 1.38. The summed E-state index contributed by atoms with van der Waals surface area (Å²) in [5, 5.41) is 0. The quantitative estimate of drug-likeness (QED) is 0.762. The third kappa shape index (κ3) is 2.32. The summed E-state index contributed by atoms with van der Waals surface area (Å²) in [6.07, 6.45) is 6.13. The molecule has 0 aromatic carbocycles. The number of pyridine rings is 2. The normalized spacial score (nSPS) is 11.0. The molecule has 0 aliphatic heterocycles. The third-order valence-corrected chi connectivity index (χ3v) is 3.04. The lowest BCUT2D eigenvalue weighted by Crippen LogP contribution is -2.11. The van der Waals surface area contributed by atoms with Crippen molar-refractivity contribution in [1.82, 2.24) is 19.5 Å². The van der Waals surface area contributed by atoms with Gasteiger partial charge in [-0.05, 0) is 36.4 Å². The number of hydrogen-bond acceptors (Lipinski definition) is 4. The molecule has 0 aliphatic carbocycles. The van der Waals surface area contributed by atoms with E-state index in [-0.39, 0.29) is 0 Å². The van der Waals surface area contributed by atoms with Crippen molar-refractivity contribution >= 4 is 11.2 Å². The highest BCUT2D eigenvalue weighted by Crippen LogP contribution is 2.15. The Morgan fingerprint density at radius 1 is 1.11 bits per heavy atom. The molecule has 0 fully saturated rings. The smallest absolute Gasteiger partial charge is 0.160 e. The van der Waals surface area contributed by atoms with Gasteiger partial charge in [-0.15, -0.1) is 0 Å². The molecule has 0 unspecified atom stereocenters. The van der Waals surface area contributed by atoms with E-state index in [1.165, 1.54) is 5.56 Å². The van der Waals surface area contributed by atoms with Crippen LogP contribution in [-0.4, -0.2) is 26.1 Å². The maximum absolute atomic E-state index is 5.66. The minimum absolute atomic E-state index is 0.583. The molecule has 0 saturated heterocycles. The van der Waals surface area contributed by atoms with E-state index < -0.39 is 0 Å². The standard InChI is InChI=1S/C14H15N5/c15-6-3-13-18-12-2-1-7-17-14(12)19(13)10-11-4-8-16-9-5-11/h1-2,4-5,7-9H,3,6,10,15H2. The average molecular weight is 253 g/mol. The molecule has 0 spiro atoms. The van der Waals surface area contributed by atoms with Gasteiger partial charge in [-0.3, -0.25) is 4.98 Å². The number of imidazole rings is 1. The van der Waals surface area contributed by atoms with Crippen molar-refractivity contribution in [1.29, 1.82) is 0 Å². The molecule has 3 rings (SSSR count). The van der Waals surface area contributed by atoms with E-state index in [2.05, 4.69) is 19.5 Å². The first-order valence-electron chi connectivity index (χ1n) is 6.27. The molecule has 3 aromatic rings. The summed E-state index contributed by atoms with van der Waals surface area (Å²) in [6.45, 7) is 1.32. The lowest BCUT2D eigenvalue weighted by atomic mass is 10.2. The minimum atomic E-state index is 0.583. The number of fused-ring (bicyclic) bond motifs is 1. The molecule has 0 amide bonds. The Bertz CT molecular complexity index is 675. The van der Waals surface area contributed by atoms with Crippen molar-refractivity contribution in [2.24, 2.45) is 5.73 Å². The second-order valence-corrected chi connectivity index (χ2v) is 4.35. The fourth-order valence-corrected chi connectivity index (χ4v) is 2.16. The maximum Gasteiger partial charge on any atom is 0.160 e. The largest absolute Gasteiger partial charge is 0.330 e. The zero-order valence-corrected chi connectivity index (χ0v) is 10.5. The highest BCUT2D eigenvalue weighted by Gasteiger charge is 2.11. The van der Waals surface area contributed by atoms with Gasteiger partial charge >= 0.3 is 0 Å². The summed E-state index contributed by atoms with van der Waals surface area (Å²) >= 11 is 0. The van der Waals surface area contributed by atoms with E-state index in [4.69, 9.17) is 5.73 Å². The van der Waals surface area contributed by atoms with Crippen LogP contribution in [0.3, 0.4) is 0 Å². The summed E-state index contributed by atoms with van der Waals surface area (Å²) < 4.78 is 2.12. The Morgan fingerprint density at radius 3 is 2.74 bits per heavy atom. The fraction of sp³-hybridized carbons (Fsp3) is 0.214. The maximum atomic E-state index is 5.66. The van der Waals surface area contributed by atoms with Gasteiger partial charge in [0.2, 0.25) is 0 Å². The van der Waals surface area contributed by atoms with Crippen LogP contribution >= 0.6 is 0 Å². The fourth-order valence-electron chi connectivity index (χ4n) is 2.16. The minimum Gasteiger partial charge on any atom is -0.330 e.